The molecule has 1 aliphatic heterocycles. The Morgan fingerprint density at radius 1 is 0.828 bits per heavy atom. The summed E-state index contributed by atoms with van der Waals surface area (Å²) in [6, 6.07) is 22.3. The second-order valence-electron chi connectivity index (χ2n) is 6.60. The molecule has 7 nitrogen and oxygen atoms in total. The van der Waals surface area contributed by atoms with E-state index in [1.165, 1.54) is 17.1 Å². The van der Waals surface area contributed by atoms with Crippen molar-refractivity contribution >= 4 is 23.0 Å². The normalized spacial score (nSPS) is 15.7. The molecule has 142 valence electrons. The molecule has 0 aromatic heterocycles. The first kappa shape index (κ1) is 18.4. The van der Waals surface area contributed by atoms with E-state index in [-0.39, 0.29) is 17.6 Å². The van der Waals surface area contributed by atoms with Crippen LogP contribution in [0.3, 0.4) is 0 Å². The predicted molar refractivity (Wildman–Crippen MR) is 110 cm³/mol. The van der Waals surface area contributed by atoms with E-state index < -0.39 is 0 Å². The molecule has 0 saturated heterocycles. The maximum absolute atomic E-state index is 13.2. The maximum Gasteiger partial charge on any atom is 0.274 e. The van der Waals surface area contributed by atoms with Gasteiger partial charge in [0.2, 0.25) is 0 Å². The summed E-state index contributed by atoms with van der Waals surface area (Å²) < 4.78 is 0. The van der Waals surface area contributed by atoms with E-state index in [0.29, 0.717) is 17.7 Å². The van der Waals surface area contributed by atoms with Gasteiger partial charge in [-0.3, -0.25) is 4.79 Å². The van der Waals surface area contributed by atoms with E-state index in [2.05, 4.69) is 15.5 Å². The number of hydrogen-bond acceptors (Lipinski definition) is 6. The first-order valence-electron chi connectivity index (χ1n) is 9.03. The Morgan fingerprint density at radius 2 is 1.41 bits per heavy atom. The summed E-state index contributed by atoms with van der Waals surface area (Å²) in [6.45, 7) is 0. The number of hydrazone groups is 1. The Morgan fingerprint density at radius 3 is 2.00 bits per heavy atom. The smallest absolute Gasteiger partial charge is 0.267 e. The lowest BCUT2D eigenvalue weighted by Crippen LogP contribution is -2.27. The van der Waals surface area contributed by atoms with Crippen LogP contribution in [0.4, 0.5) is 11.4 Å². The van der Waals surface area contributed by atoms with E-state index >= 15 is 0 Å². The third-order valence-electron chi connectivity index (χ3n) is 4.83. The fraction of sp³-hybridized carbons (Fsp3) is 0.0909. The number of rotatable bonds is 5. The Kier molecular flexibility index (Phi) is 5.03. The van der Waals surface area contributed by atoms with Gasteiger partial charge in [0.05, 0.1) is 11.8 Å². The van der Waals surface area contributed by atoms with Crippen LogP contribution in [0.25, 0.3) is 0 Å². The highest BCUT2D eigenvalue weighted by molar-refractivity contribution is 6.05. The molecular weight excluding hydrogens is 368 g/mol. The number of nitrogens with zero attached hydrogens (tertiary/aromatic N) is 4. The number of amides is 1. The molecule has 0 N–H and O–H groups in total. The lowest BCUT2D eigenvalue weighted by Gasteiger charge is -2.22. The molecule has 4 rings (SSSR count). The van der Waals surface area contributed by atoms with E-state index in [9.17, 15) is 14.6 Å². The van der Waals surface area contributed by atoms with Gasteiger partial charge in [-0.2, -0.15) is 5.10 Å². The average Bonchev–Trinajstić information content (AvgIpc) is 3.25. The third-order valence-corrected chi connectivity index (χ3v) is 4.83. The monoisotopic (exact) mass is 384 g/mol. The zero-order valence-corrected chi connectivity index (χ0v) is 15.3. The molecule has 1 amide bonds. The lowest BCUT2D eigenvalue weighted by atomic mass is 9.98. The van der Waals surface area contributed by atoms with Gasteiger partial charge in [0.1, 0.15) is 11.4 Å². The molecule has 0 aliphatic carbocycles. The summed E-state index contributed by atoms with van der Waals surface area (Å²) in [6.07, 6.45) is 0.539. The largest absolute Gasteiger partial charge is 0.274 e. The van der Waals surface area contributed by atoms with Gasteiger partial charge in [0.25, 0.3) is 5.91 Å². The Balaban J connectivity index is 1.71. The molecule has 29 heavy (non-hydrogen) atoms. The van der Waals surface area contributed by atoms with Crippen molar-refractivity contribution in [1.29, 1.82) is 0 Å². The van der Waals surface area contributed by atoms with E-state index in [0.717, 1.165) is 16.8 Å². The van der Waals surface area contributed by atoms with Crippen molar-refractivity contribution in [3.05, 3.63) is 105 Å². The van der Waals surface area contributed by atoms with Gasteiger partial charge in [0.15, 0.2) is 0 Å². The van der Waals surface area contributed by atoms with Crippen molar-refractivity contribution in [2.45, 2.75) is 12.5 Å². The number of nitroso groups, excluding NO2 is 2. The molecule has 3 aromatic carbocycles. The van der Waals surface area contributed by atoms with E-state index in [4.69, 9.17) is 0 Å². The van der Waals surface area contributed by atoms with Gasteiger partial charge in [-0.1, -0.05) is 42.5 Å². The molecule has 7 heteroatoms. The first-order chi connectivity index (χ1) is 14.2. The van der Waals surface area contributed by atoms with Crippen molar-refractivity contribution in [2.75, 3.05) is 0 Å². The summed E-state index contributed by atoms with van der Waals surface area (Å²) in [5, 5.41) is 11.8. The van der Waals surface area contributed by atoms with Gasteiger partial charge in [0, 0.05) is 12.0 Å². The van der Waals surface area contributed by atoms with Gasteiger partial charge in [-0.05, 0) is 57.9 Å². The maximum atomic E-state index is 13.2. The van der Waals surface area contributed by atoms with Crippen molar-refractivity contribution < 1.29 is 4.79 Å². The van der Waals surface area contributed by atoms with Gasteiger partial charge >= 0.3 is 0 Å². The van der Waals surface area contributed by atoms with Crippen LogP contribution in [0.1, 0.15) is 33.9 Å². The highest BCUT2D eigenvalue weighted by atomic mass is 16.3. The first-order valence-corrected chi connectivity index (χ1v) is 9.03. The van der Waals surface area contributed by atoms with Gasteiger partial charge < -0.3 is 0 Å². The van der Waals surface area contributed by atoms with Crippen molar-refractivity contribution in [2.24, 2.45) is 15.5 Å². The highest BCUT2D eigenvalue weighted by Gasteiger charge is 2.33. The molecule has 1 aliphatic rings. The molecule has 0 saturated carbocycles. The summed E-state index contributed by atoms with van der Waals surface area (Å²) in [4.78, 5) is 34.5. The Bertz CT molecular complexity index is 1080. The summed E-state index contributed by atoms with van der Waals surface area (Å²) >= 11 is 0. The van der Waals surface area contributed by atoms with Crippen LogP contribution in [0.5, 0.6) is 0 Å². The highest BCUT2D eigenvalue weighted by Crippen LogP contribution is 2.34. The van der Waals surface area contributed by atoms with Crippen molar-refractivity contribution in [3.8, 4) is 0 Å². The molecule has 0 radical (unpaired) electrons. The second kappa shape index (κ2) is 7.93. The number of carbonyl (C=O) groups is 1. The quantitative estimate of drug-likeness (QED) is 0.546. The van der Waals surface area contributed by atoms with E-state index in [1.54, 1.807) is 36.4 Å². The summed E-state index contributed by atoms with van der Waals surface area (Å²) in [5.41, 5.74) is 3.58. The molecular formula is C22H16N4O3. The molecule has 1 atom stereocenters. The van der Waals surface area contributed by atoms with Crippen molar-refractivity contribution in [3.63, 3.8) is 0 Å². The molecule has 1 unspecified atom stereocenters. The molecule has 3 aromatic rings. The second-order valence-corrected chi connectivity index (χ2v) is 6.60. The minimum atomic E-state index is -0.317. The fourth-order valence-electron chi connectivity index (χ4n) is 3.32. The molecule has 0 spiro atoms. The lowest BCUT2D eigenvalue weighted by molar-refractivity contribution is 0.0711. The predicted octanol–water partition coefficient (Wildman–Crippen LogP) is 5.47. The SMILES string of the molecule is O=Nc1ccc(C(=O)N2N=C(c3ccccc3)CC2c2ccc(N=O)cc2)cc1. The van der Waals surface area contributed by atoms with E-state index in [1.807, 2.05) is 30.3 Å². The number of benzene rings is 3. The zero-order valence-electron chi connectivity index (χ0n) is 15.3. The third kappa shape index (κ3) is 3.70. The zero-order chi connectivity index (χ0) is 20.2. The van der Waals surface area contributed by atoms with Crippen LogP contribution in [-0.2, 0) is 0 Å². The van der Waals surface area contributed by atoms with Gasteiger partial charge in [-0.25, -0.2) is 5.01 Å². The number of hydrogen-bond donors (Lipinski definition) is 0. The van der Waals surface area contributed by atoms with Crippen LogP contribution in [0.15, 0.2) is 94.3 Å². The Labute approximate surface area is 166 Å². The van der Waals surface area contributed by atoms with Crippen LogP contribution < -0.4 is 0 Å². The van der Waals surface area contributed by atoms with Crippen LogP contribution in [0, 0.1) is 9.81 Å². The fourth-order valence-corrected chi connectivity index (χ4v) is 3.32. The molecule has 1 heterocycles. The standard InChI is InChI=1S/C22H16N4O3/c27-22(17-8-12-19(25-29)13-9-17)26-21(16-6-10-18(24-28)11-7-16)14-20(23-26)15-4-2-1-3-5-15/h1-13,21H,14H2. The number of carbonyl (C=O) groups excluding carboxylic acids is 1. The van der Waals surface area contributed by atoms with Gasteiger partial charge in [-0.15, -0.1) is 9.81 Å². The van der Waals surface area contributed by atoms with Crippen molar-refractivity contribution in [1.82, 2.24) is 5.01 Å². The van der Waals surface area contributed by atoms with Crippen LogP contribution >= 0.6 is 0 Å². The average molecular weight is 384 g/mol. The minimum absolute atomic E-state index is 0.255. The summed E-state index contributed by atoms with van der Waals surface area (Å²) in [5.74, 6) is -0.282. The topological polar surface area (TPSA) is 91.5 Å². The molecule has 0 fully saturated rings. The van der Waals surface area contributed by atoms with Crippen LogP contribution in [-0.4, -0.2) is 16.6 Å². The molecule has 0 bridgehead atoms. The van der Waals surface area contributed by atoms with Crippen LogP contribution in [0.2, 0.25) is 0 Å². The summed E-state index contributed by atoms with van der Waals surface area (Å²) in [7, 11) is 0. The Hall–Kier alpha value is -4.00. The minimum Gasteiger partial charge on any atom is -0.267 e.